The van der Waals surface area contributed by atoms with Crippen LogP contribution in [0.2, 0.25) is 0 Å². The molecule has 0 aliphatic carbocycles. The molecule has 0 bridgehead atoms. The lowest BCUT2D eigenvalue weighted by molar-refractivity contribution is 0.0345. The summed E-state index contributed by atoms with van der Waals surface area (Å²) in [5, 5.41) is 10.7. The van der Waals surface area contributed by atoms with Crippen molar-refractivity contribution in [3.8, 4) is 0 Å². The van der Waals surface area contributed by atoms with Crippen LogP contribution in [0.3, 0.4) is 0 Å². The Morgan fingerprint density at radius 2 is 1.84 bits per heavy atom. The number of fused-ring (bicyclic) bond motifs is 1. The average Bonchev–Trinajstić information content (AvgIpc) is 2.52. The van der Waals surface area contributed by atoms with E-state index in [2.05, 4.69) is 19.8 Å². The molecule has 1 N–H and O–H groups in total. The van der Waals surface area contributed by atoms with Crippen LogP contribution in [-0.2, 0) is 9.84 Å². The fraction of sp³-hybridized carbons (Fsp3) is 0.529. The summed E-state index contributed by atoms with van der Waals surface area (Å²) in [5.74, 6) is 0.762. The highest BCUT2D eigenvalue weighted by molar-refractivity contribution is 7.90. The van der Waals surface area contributed by atoms with Crippen molar-refractivity contribution >= 4 is 26.6 Å². The third-order valence-corrected chi connectivity index (χ3v) is 5.41. The molecule has 25 heavy (non-hydrogen) atoms. The summed E-state index contributed by atoms with van der Waals surface area (Å²) in [6, 6.07) is 4.96. The molecule has 1 aliphatic heterocycles. The molecular formula is C17H24N4O3S. The van der Waals surface area contributed by atoms with Gasteiger partial charge < -0.3 is 10.0 Å². The van der Waals surface area contributed by atoms with Gasteiger partial charge in [-0.25, -0.2) is 18.4 Å². The van der Waals surface area contributed by atoms with Gasteiger partial charge in [-0.2, -0.15) is 0 Å². The highest BCUT2D eigenvalue weighted by Gasteiger charge is 2.24. The normalized spacial score (nSPS) is 17.2. The van der Waals surface area contributed by atoms with Gasteiger partial charge in [-0.05, 0) is 32.0 Å². The number of hydrogen-bond acceptors (Lipinski definition) is 7. The number of benzene rings is 1. The zero-order valence-electron chi connectivity index (χ0n) is 14.8. The van der Waals surface area contributed by atoms with Crippen molar-refractivity contribution in [3.63, 3.8) is 0 Å². The van der Waals surface area contributed by atoms with Gasteiger partial charge in [0.1, 0.15) is 12.1 Å². The van der Waals surface area contributed by atoms with Gasteiger partial charge in [0.15, 0.2) is 9.84 Å². The molecule has 1 fully saturated rings. The van der Waals surface area contributed by atoms with E-state index in [0.29, 0.717) is 6.54 Å². The Bertz CT molecular complexity index is 869. The first-order chi connectivity index (χ1) is 11.6. The van der Waals surface area contributed by atoms with Crippen molar-refractivity contribution < 1.29 is 13.5 Å². The Labute approximate surface area is 148 Å². The highest BCUT2D eigenvalue weighted by Crippen LogP contribution is 2.26. The van der Waals surface area contributed by atoms with Crippen LogP contribution in [0.4, 0.5) is 5.82 Å². The first-order valence-corrected chi connectivity index (χ1v) is 10.2. The monoisotopic (exact) mass is 364 g/mol. The van der Waals surface area contributed by atoms with Crippen LogP contribution in [-0.4, -0.2) is 73.0 Å². The SMILES string of the molecule is CC(C)(O)CN1CCN(c2ncnc3ccc(S(C)(=O)=O)cc23)CC1. The maximum absolute atomic E-state index is 11.9. The lowest BCUT2D eigenvalue weighted by Gasteiger charge is -2.38. The van der Waals surface area contributed by atoms with E-state index in [9.17, 15) is 13.5 Å². The first kappa shape index (κ1) is 18.0. The average molecular weight is 364 g/mol. The van der Waals surface area contributed by atoms with E-state index in [0.717, 1.165) is 42.9 Å². The van der Waals surface area contributed by atoms with Gasteiger partial charge in [0, 0.05) is 44.4 Å². The number of sulfone groups is 1. The molecule has 1 aromatic carbocycles. The number of aliphatic hydroxyl groups is 1. The van der Waals surface area contributed by atoms with Crippen molar-refractivity contribution in [1.82, 2.24) is 14.9 Å². The van der Waals surface area contributed by atoms with E-state index in [4.69, 9.17) is 0 Å². The molecule has 136 valence electrons. The molecule has 0 atom stereocenters. The van der Waals surface area contributed by atoms with Gasteiger partial charge in [-0.3, -0.25) is 4.90 Å². The molecule has 0 spiro atoms. The Balaban J connectivity index is 1.87. The quantitative estimate of drug-likeness (QED) is 0.863. The summed E-state index contributed by atoms with van der Waals surface area (Å²) in [7, 11) is -3.28. The van der Waals surface area contributed by atoms with E-state index in [1.165, 1.54) is 12.6 Å². The second-order valence-electron chi connectivity index (χ2n) is 7.22. The smallest absolute Gasteiger partial charge is 0.175 e. The fourth-order valence-corrected chi connectivity index (χ4v) is 3.82. The summed E-state index contributed by atoms with van der Waals surface area (Å²) < 4.78 is 23.7. The summed E-state index contributed by atoms with van der Waals surface area (Å²) in [4.78, 5) is 13.3. The van der Waals surface area contributed by atoms with Crippen LogP contribution in [0.15, 0.2) is 29.4 Å². The molecule has 0 radical (unpaired) electrons. The maximum Gasteiger partial charge on any atom is 0.175 e. The Hall–Kier alpha value is -1.77. The van der Waals surface area contributed by atoms with E-state index in [-0.39, 0.29) is 4.90 Å². The van der Waals surface area contributed by atoms with Crippen molar-refractivity contribution in [2.24, 2.45) is 0 Å². The zero-order chi connectivity index (χ0) is 18.2. The topological polar surface area (TPSA) is 86.6 Å². The third-order valence-electron chi connectivity index (χ3n) is 4.30. The third kappa shape index (κ3) is 4.26. The number of piperazine rings is 1. The molecule has 7 nitrogen and oxygen atoms in total. The Morgan fingerprint density at radius 3 is 2.44 bits per heavy atom. The summed E-state index contributed by atoms with van der Waals surface area (Å²) in [6.07, 6.45) is 2.72. The largest absolute Gasteiger partial charge is 0.389 e. The molecule has 0 amide bonds. The summed E-state index contributed by atoms with van der Waals surface area (Å²) in [5.41, 5.74) is 0.0186. The predicted octanol–water partition coefficient (Wildman–Crippen LogP) is 0.926. The minimum atomic E-state index is -3.28. The Morgan fingerprint density at radius 1 is 1.16 bits per heavy atom. The maximum atomic E-state index is 11.9. The van der Waals surface area contributed by atoms with Crippen molar-refractivity contribution in [2.75, 3.05) is 43.9 Å². The summed E-state index contributed by atoms with van der Waals surface area (Å²) >= 11 is 0. The van der Waals surface area contributed by atoms with Gasteiger partial charge in [0.05, 0.1) is 16.0 Å². The zero-order valence-corrected chi connectivity index (χ0v) is 15.6. The Kier molecular flexibility index (Phi) is 4.70. The number of hydrogen-bond donors (Lipinski definition) is 1. The van der Waals surface area contributed by atoms with E-state index >= 15 is 0 Å². The molecule has 0 saturated carbocycles. The van der Waals surface area contributed by atoms with E-state index < -0.39 is 15.4 Å². The second-order valence-corrected chi connectivity index (χ2v) is 9.24. The first-order valence-electron chi connectivity index (χ1n) is 8.28. The van der Waals surface area contributed by atoms with Crippen molar-refractivity contribution in [2.45, 2.75) is 24.3 Å². The molecule has 3 rings (SSSR count). The minimum Gasteiger partial charge on any atom is -0.389 e. The number of aromatic nitrogens is 2. The van der Waals surface area contributed by atoms with Crippen LogP contribution in [0, 0.1) is 0 Å². The number of nitrogens with zero attached hydrogens (tertiary/aromatic N) is 4. The molecule has 2 heterocycles. The predicted molar refractivity (Wildman–Crippen MR) is 97.6 cm³/mol. The number of β-amino-alcohol motifs (C(OH)–C–C–N with tert-alkyl or cyclic N) is 1. The molecule has 0 unspecified atom stereocenters. The standard InChI is InChI=1S/C17H24N4O3S/c1-17(2,22)11-20-6-8-21(9-7-20)16-14-10-13(25(3,23)24)4-5-15(14)18-12-19-16/h4-5,10,12,22H,6-9,11H2,1-3H3. The fourth-order valence-electron chi connectivity index (χ4n) is 3.17. The lowest BCUT2D eigenvalue weighted by atomic mass is 10.1. The van der Waals surface area contributed by atoms with Crippen LogP contribution < -0.4 is 4.90 Å². The lowest BCUT2D eigenvalue weighted by Crippen LogP contribution is -2.50. The van der Waals surface area contributed by atoms with Gasteiger partial charge in [-0.15, -0.1) is 0 Å². The molecular weight excluding hydrogens is 340 g/mol. The number of anilines is 1. The van der Waals surface area contributed by atoms with Gasteiger partial charge >= 0.3 is 0 Å². The summed E-state index contributed by atoms with van der Waals surface area (Å²) in [6.45, 7) is 7.43. The molecule has 1 aromatic heterocycles. The van der Waals surface area contributed by atoms with Gasteiger partial charge in [0.25, 0.3) is 0 Å². The molecule has 2 aromatic rings. The van der Waals surface area contributed by atoms with Crippen molar-refractivity contribution in [1.29, 1.82) is 0 Å². The van der Waals surface area contributed by atoms with E-state index in [1.54, 1.807) is 18.2 Å². The van der Waals surface area contributed by atoms with Gasteiger partial charge in [0.2, 0.25) is 0 Å². The van der Waals surface area contributed by atoms with E-state index in [1.807, 2.05) is 13.8 Å². The van der Waals surface area contributed by atoms with Crippen LogP contribution >= 0.6 is 0 Å². The minimum absolute atomic E-state index is 0.275. The van der Waals surface area contributed by atoms with Crippen LogP contribution in [0.1, 0.15) is 13.8 Å². The molecule has 8 heteroatoms. The number of rotatable bonds is 4. The van der Waals surface area contributed by atoms with Crippen molar-refractivity contribution in [3.05, 3.63) is 24.5 Å². The van der Waals surface area contributed by atoms with Crippen LogP contribution in [0.5, 0.6) is 0 Å². The van der Waals surface area contributed by atoms with Gasteiger partial charge in [-0.1, -0.05) is 0 Å². The highest BCUT2D eigenvalue weighted by atomic mass is 32.2. The van der Waals surface area contributed by atoms with Crippen LogP contribution in [0.25, 0.3) is 10.9 Å². The second kappa shape index (κ2) is 6.51. The molecule has 1 saturated heterocycles. The molecule has 1 aliphatic rings.